The molecule has 1 aromatic rings. The average Bonchev–Trinajstić information content (AvgIpc) is 2.55. The van der Waals surface area contributed by atoms with Gasteiger partial charge in [-0.3, -0.25) is 4.99 Å². The Morgan fingerprint density at radius 2 is 1.85 bits per heavy atom. The van der Waals surface area contributed by atoms with Crippen molar-refractivity contribution >= 4 is 39.8 Å². The van der Waals surface area contributed by atoms with Crippen molar-refractivity contribution in [1.29, 1.82) is 0 Å². The van der Waals surface area contributed by atoms with Gasteiger partial charge in [0.2, 0.25) is 0 Å². The number of halogens is 1. The molecule has 2 rings (SSSR count). The summed E-state index contributed by atoms with van der Waals surface area (Å²) in [5.74, 6) is 1.42. The van der Waals surface area contributed by atoms with Gasteiger partial charge in [0, 0.05) is 20.1 Å². The van der Waals surface area contributed by atoms with Gasteiger partial charge >= 0.3 is 0 Å². The average molecular weight is 493 g/mol. The van der Waals surface area contributed by atoms with Crippen LogP contribution in [0.15, 0.2) is 40.2 Å². The molecule has 1 aromatic carbocycles. The minimum absolute atomic E-state index is 0. The van der Waals surface area contributed by atoms with Crippen LogP contribution in [0.1, 0.15) is 39.5 Å². The molecule has 0 spiro atoms. The molecule has 0 amide bonds. The molecule has 0 aromatic heterocycles. The summed E-state index contributed by atoms with van der Waals surface area (Å²) in [7, 11) is -1.54. The van der Waals surface area contributed by atoms with E-state index in [-0.39, 0.29) is 29.7 Å². The summed E-state index contributed by atoms with van der Waals surface area (Å²) < 4.78 is 24.6. The Hall–Kier alpha value is -0.830. The summed E-state index contributed by atoms with van der Waals surface area (Å²) in [6.07, 6.45) is 5.05. The molecule has 1 aliphatic carbocycles. The lowest BCUT2D eigenvalue weighted by Crippen LogP contribution is -2.47. The Morgan fingerprint density at radius 1 is 1.19 bits per heavy atom. The third-order valence-corrected chi connectivity index (χ3v) is 6.61. The lowest BCUT2D eigenvalue weighted by Gasteiger charge is -2.43. The number of nitrogens with one attached hydrogen (secondary N) is 2. The SMILES string of the molecule is CN=C(NCCS(=O)(=O)c1ccccc1)NCC1(CC(C)C)CCC1.I. The van der Waals surface area contributed by atoms with Crippen molar-refractivity contribution in [1.82, 2.24) is 10.6 Å². The second-order valence-electron chi connectivity index (χ2n) is 7.44. The summed E-state index contributed by atoms with van der Waals surface area (Å²) in [6, 6.07) is 8.57. The third kappa shape index (κ3) is 6.72. The molecular formula is C19H32IN3O2S. The summed E-state index contributed by atoms with van der Waals surface area (Å²) in [5, 5.41) is 6.52. The molecule has 0 aliphatic heterocycles. The highest BCUT2D eigenvalue weighted by Gasteiger charge is 2.37. The van der Waals surface area contributed by atoms with Gasteiger partial charge in [-0.15, -0.1) is 24.0 Å². The van der Waals surface area contributed by atoms with Gasteiger partial charge in [-0.25, -0.2) is 8.42 Å². The maximum absolute atomic E-state index is 12.3. The zero-order valence-corrected chi connectivity index (χ0v) is 19.1. The lowest BCUT2D eigenvalue weighted by molar-refractivity contribution is 0.104. The van der Waals surface area contributed by atoms with Crippen molar-refractivity contribution in [2.75, 3.05) is 25.9 Å². The van der Waals surface area contributed by atoms with E-state index in [0.717, 1.165) is 6.54 Å². The van der Waals surface area contributed by atoms with Gasteiger partial charge in [-0.2, -0.15) is 0 Å². The van der Waals surface area contributed by atoms with Crippen molar-refractivity contribution in [3.8, 4) is 0 Å². The van der Waals surface area contributed by atoms with Crippen molar-refractivity contribution in [3.63, 3.8) is 0 Å². The normalized spacial score (nSPS) is 16.5. The Morgan fingerprint density at radius 3 is 2.35 bits per heavy atom. The minimum Gasteiger partial charge on any atom is -0.356 e. The fraction of sp³-hybridized carbons (Fsp3) is 0.632. The van der Waals surface area contributed by atoms with Gasteiger partial charge in [0.25, 0.3) is 0 Å². The number of rotatable bonds is 8. The summed E-state index contributed by atoms with van der Waals surface area (Å²) >= 11 is 0. The molecule has 1 saturated carbocycles. The van der Waals surface area contributed by atoms with Crippen molar-refractivity contribution in [2.45, 2.75) is 44.4 Å². The molecule has 0 radical (unpaired) electrons. The van der Waals surface area contributed by atoms with E-state index < -0.39 is 9.84 Å². The van der Waals surface area contributed by atoms with Gasteiger partial charge in [0.15, 0.2) is 15.8 Å². The lowest BCUT2D eigenvalue weighted by atomic mass is 9.64. The van der Waals surface area contributed by atoms with Crippen LogP contribution in [-0.4, -0.2) is 40.3 Å². The zero-order valence-electron chi connectivity index (χ0n) is 16.0. The van der Waals surface area contributed by atoms with E-state index >= 15 is 0 Å². The number of benzene rings is 1. The van der Waals surface area contributed by atoms with Gasteiger partial charge in [-0.05, 0) is 42.7 Å². The molecule has 1 aliphatic rings. The molecule has 148 valence electrons. The van der Waals surface area contributed by atoms with E-state index in [1.54, 1.807) is 31.3 Å². The van der Waals surface area contributed by atoms with Gasteiger partial charge in [-0.1, -0.05) is 38.5 Å². The first-order valence-electron chi connectivity index (χ1n) is 9.09. The van der Waals surface area contributed by atoms with Crippen molar-refractivity contribution in [2.24, 2.45) is 16.3 Å². The number of aliphatic imine (C=N–C) groups is 1. The quantitative estimate of drug-likeness (QED) is 0.331. The predicted molar refractivity (Wildman–Crippen MR) is 119 cm³/mol. The van der Waals surface area contributed by atoms with E-state index in [9.17, 15) is 8.42 Å². The summed E-state index contributed by atoms with van der Waals surface area (Å²) in [4.78, 5) is 4.59. The molecule has 0 heterocycles. The van der Waals surface area contributed by atoms with Crippen LogP contribution >= 0.6 is 24.0 Å². The maximum Gasteiger partial charge on any atom is 0.191 e. The largest absolute Gasteiger partial charge is 0.356 e. The zero-order chi connectivity index (χ0) is 18.3. The molecule has 1 fully saturated rings. The van der Waals surface area contributed by atoms with Crippen molar-refractivity contribution < 1.29 is 8.42 Å². The third-order valence-electron chi connectivity index (χ3n) is 4.88. The molecule has 0 unspecified atom stereocenters. The van der Waals surface area contributed by atoms with Crippen LogP contribution in [0.3, 0.4) is 0 Å². The second kappa shape index (κ2) is 10.5. The van der Waals surface area contributed by atoms with Crippen molar-refractivity contribution in [3.05, 3.63) is 30.3 Å². The fourth-order valence-corrected chi connectivity index (χ4v) is 4.72. The van der Waals surface area contributed by atoms with E-state index in [1.807, 2.05) is 6.07 Å². The molecule has 0 atom stereocenters. The molecule has 0 bridgehead atoms. The van der Waals surface area contributed by atoms with E-state index in [4.69, 9.17) is 0 Å². The predicted octanol–water partition coefficient (Wildman–Crippen LogP) is 3.46. The number of nitrogens with zero attached hydrogens (tertiary/aromatic N) is 1. The second-order valence-corrected chi connectivity index (χ2v) is 9.55. The van der Waals surface area contributed by atoms with Crippen LogP contribution in [0.5, 0.6) is 0 Å². The van der Waals surface area contributed by atoms with Crippen LogP contribution in [0, 0.1) is 11.3 Å². The molecule has 0 saturated heterocycles. The number of hydrogen-bond acceptors (Lipinski definition) is 3. The molecular weight excluding hydrogens is 461 g/mol. The van der Waals surface area contributed by atoms with Crippen LogP contribution in [0.25, 0.3) is 0 Å². The Labute approximate surface area is 175 Å². The van der Waals surface area contributed by atoms with E-state index in [2.05, 4.69) is 29.5 Å². The monoisotopic (exact) mass is 493 g/mol. The first kappa shape index (κ1) is 23.2. The van der Waals surface area contributed by atoms with Gasteiger partial charge < -0.3 is 10.6 Å². The summed E-state index contributed by atoms with van der Waals surface area (Å²) in [6.45, 7) is 5.77. The van der Waals surface area contributed by atoms with Crippen LogP contribution in [0.4, 0.5) is 0 Å². The van der Waals surface area contributed by atoms with Crippen LogP contribution < -0.4 is 10.6 Å². The highest BCUT2D eigenvalue weighted by molar-refractivity contribution is 14.0. The number of guanidine groups is 1. The molecule has 7 heteroatoms. The maximum atomic E-state index is 12.3. The standard InChI is InChI=1S/C19H31N3O2S.HI/c1-16(2)14-19(10-7-11-19)15-22-18(20-3)21-12-13-25(23,24)17-8-5-4-6-9-17;/h4-6,8-9,16H,7,10-15H2,1-3H3,(H2,20,21,22);1H. The first-order valence-corrected chi connectivity index (χ1v) is 10.7. The Bertz CT molecular complexity index is 671. The smallest absolute Gasteiger partial charge is 0.191 e. The van der Waals surface area contributed by atoms with Gasteiger partial charge in [0.1, 0.15) is 0 Å². The Kier molecular flexibility index (Phi) is 9.36. The van der Waals surface area contributed by atoms with Gasteiger partial charge in [0.05, 0.1) is 10.6 Å². The topological polar surface area (TPSA) is 70.6 Å². The number of sulfone groups is 1. The molecule has 5 nitrogen and oxygen atoms in total. The molecule has 2 N–H and O–H groups in total. The Balaban J connectivity index is 0.00000338. The first-order chi connectivity index (χ1) is 11.9. The van der Waals surface area contributed by atoms with Crippen LogP contribution in [-0.2, 0) is 9.84 Å². The molecule has 26 heavy (non-hydrogen) atoms. The summed E-state index contributed by atoms with van der Waals surface area (Å²) in [5.41, 5.74) is 0.377. The van der Waals surface area contributed by atoms with E-state index in [1.165, 1.54) is 25.7 Å². The van der Waals surface area contributed by atoms with E-state index in [0.29, 0.717) is 28.7 Å². The van der Waals surface area contributed by atoms with Crippen LogP contribution in [0.2, 0.25) is 0 Å². The minimum atomic E-state index is -3.26. The highest BCUT2D eigenvalue weighted by Crippen LogP contribution is 2.45. The highest BCUT2D eigenvalue weighted by atomic mass is 127. The number of hydrogen-bond donors (Lipinski definition) is 2. The fourth-order valence-electron chi connectivity index (χ4n) is 3.54.